The van der Waals surface area contributed by atoms with Gasteiger partial charge in [-0.05, 0) is 49.6 Å². The molecule has 1 heterocycles. The average Bonchev–Trinajstić information content (AvgIpc) is 3.20. The van der Waals surface area contributed by atoms with Gasteiger partial charge in [0.2, 0.25) is 10.0 Å². The maximum absolute atomic E-state index is 12.5. The number of hydrogen-bond donors (Lipinski definition) is 1. The lowest BCUT2D eigenvalue weighted by Crippen LogP contribution is -2.29. The van der Waals surface area contributed by atoms with Crippen LogP contribution in [0.4, 0.5) is 5.69 Å². The van der Waals surface area contributed by atoms with Crippen molar-refractivity contribution in [2.24, 2.45) is 0 Å². The molecule has 0 saturated carbocycles. The molecule has 1 fully saturated rings. The third-order valence-corrected chi connectivity index (χ3v) is 6.31. The molecule has 0 unspecified atom stereocenters. The van der Waals surface area contributed by atoms with Crippen molar-refractivity contribution in [2.75, 3.05) is 25.0 Å². The minimum absolute atomic E-state index is 0.0396. The van der Waals surface area contributed by atoms with Crippen molar-refractivity contribution in [3.8, 4) is 5.75 Å². The molecule has 0 aromatic heterocycles. The van der Waals surface area contributed by atoms with Gasteiger partial charge in [-0.2, -0.15) is 0 Å². The van der Waals surface area contributed by atoms with E-state index in [1.807, 2.05) is 19.1 Å². The van der Waals surface area contributed by atoms with Crippen LogP contribution >= 0.6 is 0 Å². The fourth-order valence-corrected chi connectivity index (χ4v) is 4.68. The maximum atomic E-state index is 12.5. The van der Waals surface area contributed by atoms with Gasteiger partial charge in [0, 0.05) is 18.7 Å². The molecule has 27 heavy (non-hydrogen) atoms. The SMILES string of the molecule is CCOc1ccccc1NC(=O)c1ccc(CS(=O)(=O)N2CCCC2)cc1. The molecule has 2 aromatic carbocycles. The van der Waals surface area contributed by atoms with Crippen molar-refractivity contribution in [1.82, 2.24) is 4.31 Å². The standard InChI is InChI=1S/C20H24N2O4S/c1-2-26-19-8-4-3-7-18(19)21-20(23)17-11-9-16(10-12-17)15-27(24,25)22-13-5-6-14-22/h3-4,7-12H,2,5-6,13-15H2,1H3,(H,21,23). The summed E-state index contributed by atoms with van der Waals surface area (Å²) in [5.74, 6) is 0.306. The Morgan fingerprint density at radius 1 is 1.07 bits per heavy atom. The number of nitrogens with zero attached hydrogens (tertiary/aromatic N) is 1. The second-order valence-corrected chi connectivity index (χ2v) is 8.41. The van der Waals surface area contributed by atoms with Crippen LogP contribution in [-0.2, 0) is 15.8 Å². The summed E-state index contributed by atoms with van der Waals surface area (Å²) in [6.07, 6.45) is 1.84. The monoisotopic (exact) mass is 388 g/mol. The number of hydrogen-bond acceptors (Lipinski definition) is 4. The number of nitrogens with one attached hydrogen (secondary N) is 1. The van der Waals surface area contributed by atoms with Crippen molar-refractivity contribution >= 4 is 21.6 Å². The van der Waals surface area contributed by atoms with E-state index in [-0.39, 0.29) is 11.7 Å². The van der Waals surface area contributed by atoms with Crippen molar-refractivity contribution in [2.45, 2.75) is 25.5 Å². The molecule has 0 atom stereocenters. The quantitative estimate of drug-likeness (QED) is 0.790. The summed E-state index contributed by atoms with van der Waals surface area (Å²) in [5.41, 5.74) is 1.74. The first kappa shape index (κ1) is 19.4. The van der Waals surface area contributed by atoms with E-state index in [9.17, 15) is 13.2 Å². The highest BCUT2D eigenvalue weighted by atomic mass is 32.2. The molecule has 144 valence electrons. The Labute approximate surface area is 160 Å². The highest BCUT2D eigenvalue weighted by molar-refractivity contribution is 7.88. The van der Waals surface area contributed by atoms with Crippen LogP contribution in [0.25, 0.3) is 0 Å². The van der Waals surface area contributed by atoms with Crippen molar-refractivity contribution in [1.29, 1.82) is 0 Å². The number of benzene rings is 2. The summed E-state index contributed by atoms with van der Waals surface area (Å²) in [6.45, 7) is 3.59. The van der Waals surface area contributed by atoms with Crippen LogP contribution in [-0.4, -0.2) is 38.3 Å². The van der Waals surface area contributed by atoms with E-state index in [1.165, 1.54) is 4.31 Å². The lowest BCUT2D eigenvalue weighted by Gasteiger charge is -2.15. The van der Waals surface area contributed by atoms with Crippen LogP contribution in [0.15, 0.2) is 48.5 Å². The van der Waals surface area contributed by atoms with Gasteiger partial charge in [0.15, 0.2) is 0 Å². The van der Waals surface area contributed by atoms with Crippen LogP contribution in [0, 0.1) is 0 Å². The number of anilines is 1. The molecular formula is C20H24N2O4S. The van der Waals surface area contributed by atoms with E-state index in [0.717, 1.165) is 12.8 Å². The molecule has 7 heteroatoms. The minimum Gasteiger partial charge on any atom is -0.492 e. The van der Waals surface area contributed by atoms with Gasteiger partial charge in [0.1, 0.15) is 5.75 Å². The van der Waals surface area contributed by atoms with E-state index < -0.39 is 10.0 Å². The molecule has 3 rings (SSSR count). The number of carbonyl (C=O) groups is 1. The number of carbonyl (C=O) groups excluding carboxylic acids is 1. The Bertz CT molecular complexity index is 888. The Morgan fingerprint density at radius 2 is 1.74 bits per heavy atom. The zero-order valence-electron chi connectivity index (χ0n) is 15.3. The number of para-hydroxylation sites is 2. The Morgan fingerprint density at radius 3 is 2.41 bits per heavy atom. The summed E-state index contributed by atoms with van der Waals surface area (Å²) >= 11 is 0. The highest BCUT2D eigenvalue weighted by Crippen LogP contribution is 2.24. The molecule has 2 aromatic rings. The molecule has 0 bridgehead atoms. The van der Waals surface area contributed by atoms with Gasteiger partial charge in [-0.15, -0.1) is 0 Å². The minimum atomic E-state index is -3.29. The van der Waals surface area contributed by atoms with Gasteiger partial charge < -0.3 is 10.1 Å². The second kappa shape index (κ2) is 8.54. The fraction of sp³-hybridized carbons (Fsp3) is 0.350. The Balaban J connectivity index is 1.67. The van der Waals surface area contributed by atoms with Crippen molar-refractivity contribution in [3.63, 3.8) is 0 Å². The van der Waals surface area contributed by atoms with Gasteiger partial charge in [-0.1, -0.05) is 24.3 Å². The van der Waals surface area contributed by atoms with Crippen LogP contribution in [0.3, 0.4) is 0 Å². The molecule has 1 aliphatic heterocycles. The smallest absolute Gasteiger partial charge is 0.255 e. The highest BCUT2D eigenvalue weighted by Gasteiger charge is 2.25. The van der Waals surface area contributed by atoms with Gasteiger partial charge in [-0.3, -0.25) is 4.79 Å². The predicted molar refractivity (Wildman–Crippen MR) is 105 cm³/mol. The van der Waals surface area contributed by atoms with E-state index in [4.69, 9.17) is 4.74 Å². The first-order valence-corrected chi connectivity index (χ1v) is 10.7. The van der Waals surface area contributed by atoms with Gasteiger partial charge >= 0.3 is 0 Å². The number of ether oxygens (including phenoxy) is 1. The van der Waals surface area contributed by atoms with E-state index >= 15 is 0 Å². The van der Waals surface area contributed by atoms with Gasteiger partial charge in [0.25, 0.3) is 5.91 Å². The number of amides is 1. The second-order valence-electron chi connectivity index (χ2n) is 6.44. The van der Waals surface area contributed by atoms with E-state index in [1.54, 1.807) is 36.4 Å². The zero-order chi connectivity index (χ0) is 19.3. The maximum Gasteiger partial charge on any atom is 0.255 e. The van der Waals surface area contributed by atoms with Crippen LogP contribution in [0.2, 0.25) is 0 Å². The largest absolute Gasteiger partial charge is 0.492 e. The van der Waals surface area contributed by atoms with Crippen LogP contribution < -0.4 is 10.1 Å². The fourth-order valence-electron chi connectivity index (χ4n) is 3.07. The number of rotatable bonds is 7. The zero-order valence-corrected chi connectivity index (χ0v) is 16.2. The summed E-state index contributed by atoms with van der Waals surface area (Å²) in [5, 5.41) is 2.83. The predicted octanol–water partition coefficient (Wildman–Crippen LogP) is 3.26. The normalized spacial score (nSPS) is 14.9. The topological polar surface area (TPSA) is 75.7 Å². The molecule has 6 nitrogen and oxygen atoms in total. The van der Waals surface area contributed by atoms with Gasteiger partial charge in [0.05, 0.1) is 18.0 Å². The number of sulfonamides is 1. The molecule has 0 radical (unpaired) electrons. The van der Waals surface area contributed by atoms with Crippen LogP contribution in [0.1, 0.15) is 35.7 Å². The molecule has 1 saturated heterocycles. The molecular weight excluding hydrogens is 364 g/mol. The van der Waals surface area contributed by atoms with E-state index in [0.29, 0.717) is 42.3 Å². The van der Waals surface area contributed by atoms with E-state index in [2.05, 4.69) is 5.32 Å². The summed E-state index contributed by atoms with van der Waals surface area (Å²) in [6, 6.07) is 13.9. The molecule has 0 aliphatic carbocycles. The molecule has 1 aliphatic rings. The summed E-state index contributed by atoms with van der Waals surface area (Å²) in [7, 11) is -3.29. The first-order chi connectivity index (χ1) is 13.0. The molecule has 1 N–H and O–H groups in total. The van der Waals surface area contributed by atoms with Crippen molar-refractivity contribution < 1.29 is 17.9 Å². The third kappa shape index (κ3) is 4.87. The Hall–Kier alpha value is -2.38. The lowest BCUT2D eigenvalue weighted by molar-refractivity contribution is 0.102. The lowest BCUT2D eigenvalue weighted by atomic mass is 10.1. The molecule has 1 amide bonds. The summed E-state index contributed by atoms with van der Waals surface area (Å²) < 4.78 is 31.8. The van der Waals surface area contributed by atoms with Gasteiger partial charge in [-0.25, -0.2) is 12.7 Å². The average molecular weight is 388 g/mol. The first-order valence-electron chi connectivity index (χ1n) is 9.09. The van der Waals surface area contributed by atoms with Crippen LogP contribution in [0.5, 0.6) is 5.75 Å². The summed E-state index contributed by atoms with van der Waals surface area (Å²) in [4.78, 5) is 12.5. The Kier molecular flexibility index (Phi) is 6.13. The third-order valence-electron chi connectivity index (χ3n) is 4.46. The van der Waals surface area contributed by atoms with Crippen molar-refractivity contribution in [3.05, 3.63) is 59.7 Å². The molecule has 0 spiro atoms.